The van der Waals surface area contributed by atoms with Gasteiger partial charge in [-0.15, -0.1) is 0 Å². The van der Waals surface area contributed by atoms with Gasteiger partial charge in [-0.25, -0.2) is 0 Å². The Morgan fingerprint density at radius 1 is 0.939 bits per heavy atom. The first-order chi connectivity index (χ1) is 15.5. The molecule has 2 aromatic rings. The summed E-state index contributed by atoms with van der Waals surface area (Å²) in [6.45, 7) is 8.49. The summed E-state index contributed by atoms with van der Waals surface area (Å²) in [4.78, 5) is 0. The molecule has 0 heterocycles. The molecule has 182 valence electrons. The number of aryl methyl sites for hydroxylation is 3. The Hall–Kier alpha value is -1.85. The molecule has 0 spiro atoms. The summed E-state index contributed by atoms with van der Waals surface area (Å²) >= 11 is 0. The minimum atomic E-state index is -3.56. The molecule has 0 aliphatic heterocycles. The molecule has 33 heavy (non-hydrogen) atoms. The zero-order valence-corrected chi connectivity index (χ0v) is 21.7. The van der Waals surface area contributed by atoms with Crippen LogP contribution in [0.4, 0.5) is 0 Å². The molecule has 0 aromatic heterocycles. The second kappa shape index (κ2) is 10.2. The summed E-state index contributed by atoms with van der Waals surface area (Å²) in [7, 11) is -3.56. The second-order valence-corrected chi connectivity index (χ2v) is 11.6. The molecule has 1 saturated carbocycles. The Balaban J connectivity index is 1.88. The van der Waals surface area contributed by atoms with Crippen LogP contribution in [-0.2, 0) is 22.0 Å². The van der Waals surface area contributed by atoms with Crippen LogP contribution >= 0.6 is 0 Å². The fourth-order valence-electron chi connectivity index (χ4n) is 5.54. The molecule has 1 fully saturated rings. The van der Waals surface area contributed by atoms with Gasteiger partial charge in [0.25, 0.3) is 0 Å². The van der Waals surface area contributed by atoms with Gasteiger partial charge in [-0.2, -0.15) is 8.42 Å². The molecular formula is C28H40O4S. The standard InChI is InChI=1S/C28H40O4S/c1-6-28(7-2,25-13-14-26(22(4)20-25)32-33(5,30)31)24-12-11-23(21(3)19-24)15-18-27(29)16-9-8-10-17-27/h11-14,19-20,29H,6-10,15-18H2,1-5H3. The van der Waals surface area contributed by atoms with Gasteiger partial charge in [0.1, 0.15) is 5.75 Å². The number of aliphatic hydroxyl groups is 1. The molecule has 0 radical (unpaired) electrons. The quantitative estimate of drug-likeness (QED) is 0.430. The van der Waals surface area contributed by atoms with Crippen LogP contribution < -0.4 is 4.18 Å². The summed E-state index contributed by atoms with van der Waals surface area (Å²) in [5, 5.41) is 10.9. The molecule has 0 atom stereocenters. The van der Waals surface area contributed by atoms with Gasteiger partial charge in [-0.1, -0.05) is 63.4 Å². The molecule has 1 N–H and O–H groups in total. The van der Waals surface area contributed by atoms with Crippen LogP contribution in [0.5, 0.6) is 5.75 Å². The van der Waals surface area contributed by atoms with Crippen LogP contribution in [0.25, 0.3) is 0 Å². The molecule has 0 amide bonds. The lowest BCUT2D eigenvalue weighted by Gasteiger charge is -2.35. The lowest BCUT2D eigenvalue weighted by molar-refractivity contribution is -0.00344. The summed E-state index contributed by atoms with van der Waals surface area (Å²) in [5.41, 5.74) is 5.21. The lowest BCUT2D eigenvalue weighted by atomic mass is 9.69. The van der Waals surface area contributed by atoms with E-state index in [1.54, 1.807) is 6.07 Å². The highest BCUT2D eigenvalue weighted by Crippen LogP contribution is 2.41. The second-order valence-electron chi connectivity index (χ2n) is 9.98. The first-order valence-electron chi connectivity index (χ1n) is 12.3. The minimum absolute atomic E-state index is 0.154. The Morgan fingerprint density at radius 3 is 2.03 bits per heavy atom. The van der Waals surface area contributed by atoms with E-state index in [4.69, 9.17) is 4.18 Å². The zero-order valence-electron chi connectivity index (χ0n) is 20.9. The maximum Gasteiger partial charge on any atom is 0.306 e. The largest absolute Gasteiger partial charge is 0.390 e. The third-order valence-corrected chi connectivity index (χ3v) is 8.20. The summed E-state index contributed by atoms with van der Waals surface area (Å²) in [6.07, 6.45) is 10.1. The summed E-state index contributed by atoms with van der Waals surface area (Å²) in [6, 6.07) is 12.6. The molecule has 0 saturated heterocycles. The first-order valence-corrected chi connectivity index (χ1v) is 14.2. The number of rotatable bonds is 9. The zero-order chi connectivity index (χ0) is 24.3. The fraction of sp³-hybridized carbons (Fsp3) is 0.571. The van der Waals surface area contributed by atoms with E-state index < -0.39 is 15.7 Å². The summed E-state index contributed by atoms with van der Waals surface area (Å²) in [5.74, 6) is 0.384. The SMILES string of the molecule is CCC(CC)(c1ccc(CCC2(O)CCCCC2)c(C)c1)c1ccc(OS(C)(=O)=O)c(C)c1. The third kappa shape index (κ3) is 5.99. The van der Waals surface area contributed by atoms with Gasteiger partial charge in [0, 0.05) is 5.41 Å². The van der Waals surface area contributed by atoms with Crippen LogP contribution in [0.3, 0.4) is 0 Å². The molecule has 3 rings (SSSR count). The molecule has 5 heteroatoms. The van der Waals surface area contributed by atoms with Crippen molar-refractivity contribution in [2.75, 3.05) is 6.26 Å². The average Bonchev–Trinajstić information content (AvgIpc) is 2.76. The molecular weight excluding hydrogens is 432 g/mol. The Kier molecular flexibility index (Phi) is 7.95. The maximum atomic E-state index is 11.6. The third-order valence-electron chi connectivity index (χ3n) is 7.71. The fourth-order valence-corrected chi connectivity index (χ4v) is 6.05. The van der Waals surface area contributed by atoms with Crippen molar-refractivity contribution >= 4 is 10.1 Å². The van der Waals surface area contributed by atoms with E-state index >= 15 is 0 Å². The van der Waals surface area contributed by atoms with E-state index in [-0.39, 0.29) is 5.41 Å². The summed E-state index contributed by atoms with van der Waals surface area (Å²) < 4.78 is 28.3. The van der Waals surface area contributed by atoms with Crippen molar-refractivity contribution in [3.8, 4) is 5.75 Å². The van der Waals surface area contributed by atoms with E-state index in [1.807, 2.05) is 13.0 Å². The van der Waals surface area contributed by atoms with E-state index in [0.717, 1.165) is 63.2 Å². The first kappa shape index (κ1) is 25.8. The van der Waals surface area contributed by atoms with E-state index in [0.29, 0.717) is 5.75 Å². The van der Waals surface area contributed by atoms with Gasteiger partial charge >= 0.3 is 10.1 Å². The van der Waals surface area contributed by atoms with Crippen molar-refractivity contribution < 1.29 is 17.7 Å². The predicted octanol–water partition coefficient (Wildman–Crippen LogP) is 6.38. The van der Waals surface area contributed by atoms with Crippen LogP contribution in [0.1, 0.15) is 93.0 Å². The molecule has 1 aliphatic rings. The van der Waals surface area contributed by atoms with Gasteiger partial charge in [0.05, 0.1) is 11.9 Å². The van der Waals surface area contributed by atoms with Crippen LogP contribution in [0, 0.1) is 13.8 Å². The van der Waals surface area contributed by atoms with Gasteiger partial charge in [-0.05, 0) is 86.3 Å². The van der Waals surface area contributed by atoms with Gasteiger partial charge in [0.2, 0.25) is 0 Å². The van der Waals surface area contributed by atoms with Crippen molar-refractivity contribution in [1.29, 1.82) is 0 Å². The van der Waals surface area contributed by atoms with Crippen molar-refractivity contribution in [3.63, 3.8) is 0 Å². The van der Waals surface area contributed by atoms with Crippen LogP contribution in [0.15, 0.2) is 36.4 Å². The molecule has 1 aliphatic carbocycles. The lowest BCUT2D eigenvalue weighted by Crippen LogP contribution is -2.31. The van der Waals surface area contributed by atoms with Gasteiger partial charge in [-0.3, -0.25) is 0 Å². The van der Waals surface area contributed by atoms with E-state index in [9.17, 15) is 13.5 Å². The highest BCUT2D eigenvalue weighted by molar-refractivity contribution is 7.86. The van der Waals surface area contributed by atoms with Gasteiger partial charge in [0.15, 0.2) is 0 Å². The topological polar surface area (TPSA) is 63.6 Å². The molecule has 4 nitrogen and oxygen atoms in total. The Morgan fingerprint density at radius 2 is 1.52 bits per heavy atom. The van der Waals surface area contributed by atoms with Crippen LogP contribution in [0.2, 0.25) is 0 Å². The highest BCUT2D eigenvalue weighted by Gasteiger charge is 2.32. The monoisotopic (exact) mass is 472 g/mol. The maximum absolute atomic E-state index is 11.6. The van der Waals surface area contributed by atoms with Gasteiger partial charge < -0.3 is 9.29 Å². The smallest absolute Gasteiger partial charge is 0.306 e. The number of benzene rings is 2. The average molecular weight is 473 g/mol. The number of hydrogen-bond donors (Lipinski definition) is 1. The van der Waals surface area contributed by atoms with E-state index in [2.05, 4.69) is 45.0 Å². The van der Waals surface area contributed by atoms with Crippen molar-refractivity contribution in [2.45, 2.75) is 96.5 Å². The Bertz CT molecular complexity index is 1060. The molecule has 0 bridgehead atoms. The van der Waals surface area contributed by atoms with Crippen molar-refractivity contribution in [2.24, 2.45) is 0 Å². The van der Waals surface area contributed by atoms with Crippen molar-refractivity contribution in [1.82, 2.24) is 0 Å². The minimum Gasteiger partial charge on any atom is -0.390 e. The highest BCUT2D eigenvalue weighted by atomic mass is 32.2. The predicted molar refractivity (Wildman–Crippen MR) is 136 cm³/mol. The molecule has 0 unspecified atom stereocenters. The number of hydrogen-bond acceptors (Lipinski definition) is 4. The van der Waals surface area contributed by atoms with E-state index in [1.165, 1.54) is 28.7 Å². The normalized spacial score (nSPS) is 16.5. The Labute approximate surface area is 200 Å². The van der Waals surface area contributed by atoms with Crippen molar-refractivity contribution in [3.05, 3.63) is 64.2 Å². The molecule has 2 aromatic carbocycles. The van der Waals surface area contributed by atoms with Crippen LogP contribution in [-0.4, -0.2) is 25.4 Å².